The summed E-state index contributed by atoms with van der Waals surface area (Å²) in [6, 6.07) is 1.72. The first-order valence-electron chi connectivity index (χ1n) is 29.4. The highest BCUT2D eigenvalue weighted by atomic mass is 16.7. The normalized spacial score (nSPS) is 41.3. The molecular weight excluding hydrogens is 1110 g/mol. The molecule has 4 fully saturated rings. The number of aliphatic hydroxyl groups is 7. The summed E-state index contributed by atoms with van der Waals surface area (Å²) in [5.41, 5.74) is -1.10. The number of ether oxygens (including phenoxy) is 7. The second-order valence-corrected chi connectivity index (χ2v) is 25.9. The average molecular weight is 1210 g/mol. The molecule has 0 unspecified atom stereocenters. The van der Waals surface area contributed by atoms with E-state index in [2.05, 4.69) is 0 Å². The number of anilines is 1. The average Bonchev–Trinajstić information content (AvgIpc) is 0.760. The van der Waals surface area contributed by atoms with Crippen molar-refractivity contribution in [3.8, 4) is 5.75 Å². The number of carbonyl (C=O) groups excluding carboxylic acids is 5. The summed E-state index contributed by atoms with van der Waals surface area (Å²) in [7, 11) is 13.5. The molecule has 480 valence electrons. The first kappa shape index (κ1) is 69.4. The van der Waals surface area contributed by atoms with Crippen LogP contribution in [0.2, 0.25) is 0 Å². The molecule has 22 atom stereocenters. The number of rotatable bonds is 11. The van der Waals surface area contributed by atoms with Crippen molar-refractivity contribution in [1.82, 2.24) is 9.80 Å². The molecule has 0 aromatic heterocycles. The summed E-state index contributed by atoms with van der Waals surface area (Å²) in [5.74, 6) is -11.0. The third kappa shape index (κ3) is 12.8. The van der Waals surface area contributed by atoms with E-state index in [0.717, 1.165) is 5.69 Å². The van der Waals surface area contributed by atoms with Crippen molar-refractivity contribution < 1.29 is 98.0 Å². The maximum atomic E-state index is 14.2. The number of phenols is 1. The number of hydrogen-bond donors (Lipinski definition) is 9. The van der Waals surface area contributed by atoms with E-state index in [0.29, 0.717) is 12.0 Å². The molecule has 3 saturated heterocycles. The molecule has 1 saturated carbocycles. The molecule has 24 nitrogen and oxygen atoms in total. The smallest absolute Gasteiger partial charge is 0.311 e. The number of phenolic OH excluding ortho intramolecular Hbond substituents is 1. The lowest BCUT2D eigenvalue weighted by Crippen LogP contribution is -2.65. The number of nitrogens with two attached hydrogens (primary N) is 1. The second-order valence-electron chi connectivity index (χ2n) is 25.9. The number of nitrogens with zero attached hydrogens (tertiary/aromatic N) is 3. The highest BCUT2D eigenvalue weighted by Gasteiger charge is 2.64. The summed E-state index contributed by atoms with van der Waals surface area (Å²) in [4.78, 5) is 72.1. The fourth-order valence-corrected chi connectivity index (χ4v) is 14.2. The van der Waals surface area contributed by atoms with Gasteiger partial charge in [-0.3, -0.25) is 28.9 Å². The fourth-order valence-electron chi connectivity index (χ4n) is 14.2. The van der Waals surface area contributed by atoms with Crippen LogP contribution in [0.5, 0.6) is 5.75 Å². The monoisotopic (exact) mass is 1200 g/mol. The van der Waals surface area contributed by atoms with Crippen LogP contribution in [0.4, 0.5) is 5.69 Å². The van der Waals surface area contributed by atoms with Gasteiger partial charge in [0.15, 0.2) is 24.0 Å². The van der Waals surface area contributed by atoms with Crippen molar-refractivity contribution in [3.63, 3.8) is 0 Å². The van der Waals surface area contributed by atoms with Crippen LogP contribution in [0.25, 0.3) is 5.76 Å². The Kier molecular flexibility index (Phi) is 21.4. The summed E-state index contributed by atoms with van der Waals surface area (Å²) in [6.07, 6.45) is -8.41. The predicted octanol–water partition coefficient (Wildman–Crippen LogP) is 2.47. The van der Waals surface area contributed by atoms with Crippen molar-refractivity contribution in [1.29, 1.82) is 0 Å². The zero-order valence-corrected chi connectivity index (χ0v) is 52.7. The number of primary amides is 1. The van der Waals surface area contributed by atoms with Gasteiger partial charge < -0.3 is 89.5 Å². The molecule has 6 aliphatic rings. The number of cyclic esters (lactones) is 1. The van der Waals surface area contributed by atoms with Crippen LogP contribution in [0.1, 0.15) is 112 Å². The number of methoxy groups -OCH3 is 2. The summed E-state index contributed by atoms with van der Waals surface area (Å²) >= 11 is 0. The largest absolute Gasteiger partial charge is 0.508 e. The zero-order chi connectivity index (χ0) is 64.2. The van der Waals surface area contributed by atoms with Crippen LogP contribution < -0.4 is 10.6 Å². The molecule has 85 heavy (non-hydrogen) atoms. The van der Waals surface area contributed by atoms with E-state index in [4.69, 9.17) is 38.9 Å². The fraction of sp³-hybridized carbons (Fsp3) is 0.754. The van der Waals surface area contributed by atoms with Crippen LogP contribution in [0.15, 0.2) is 29.0 Å². The standard InChI is InChI=1S/C38H69NO13.C23H27N3O7/c1-15-26-38(10,45)31(42)21(4)28(40)19(2)17-37(9,47-14)33(52-35-29(41)25(39(11)12)16-20(3)48-35)22(5)30(23(6)34(44)50-26)51-27-18-36(8,46-13)32(43)24(7)49-27;1-25(2)12-5-6-13(27)15-10(12)7-9-8-11-17(26(3)4)19(29)16(22(24)32)21(31)23(11,33)20(30)14(9)18(15)28/h19-27,29-33,35,41-43,45H,15-18H2,1-14H3;5-6,9,11,17,27-28,31,33H,7-8H2,1-4H3,(H2,24,32)/t19-,20-,21+,22+,23-,24+,25+,26-,27+,29-,30+,31-,32+,33-,35+,36-,37-,38-;9-,11-,17-,23-/m10/s1. The molecule has 1 amide bonds. The van der Waals surface area contributed by atoms with Gasteiger partial charge in [0.1, 0.15) is 52.5 Å². The van der Waals surface area contributed by atoms with Crippen LogP contribution in [0, 0.1) is 35.5 Å². The highest BCUT2D eigenvalue weighted by Crippen LogP contribution is 2.54. The van der Waals surface area contributed by atoms with Gasteiger partial charge in [0.05, 0.1) is 59.2 Å². The summed E-state index contributed by atoms with van der Waals surface area (Å²) in [6.45, 7) is 17.1. The Balaban J connectivity index is 0.000000299. The van der Waals surface area contributed by atoms with Gasteiger partial charge in [0.2, 0.25) is 5.78 Å². The van der Waals surface area contributed by atoms with Crippen molar-refractivity contribution in [3.05, 3.63) is 40.2 Å². The Bertz CT molecular complexity index is 2720. The van der Waals surface area contributed by atoms with Gasteiger partial charge >= 0.3 is 5.97 Å². The molecule has 0 radical (unpaired) electrons. The number of ketones is 3. The van der Waals surface area contributed by atoms with Gasteiger partial charge in [0.25, 0.3) is 5.91 Å². The molecule has 10 N–H and O–H groups in total. The lowest BCUT2D eigenvalue weighted by atomic mass is 9.57. The molecule has 0 bridgehead atoms. The minimum Gasteiger partial charge on any atom is -0.508 e. The van der Waals surface area contributed by atoms with Gasteiger partial charge in [-0.2, -0.15) is 0 Å². The molecule has 0 spiro atoms. The van der Waals surface area contributed by atoms with Crippen LogP contribution in [-0.2, 0) is 63.6 Å². The molecule has 24 heteroatoms. The van der Waals surface area contributed by atoms with Gasteiger partial charge in [0, 0.05) is 75.7 Å². The predicted molar refractivity (Wildman–Crippen MR) is 310 cm³/mol. The van der Waals surface area contributed by atoms with Gasteiger partial charge in [-0.25, -0.2) is 0 Å². The number of amides is 1. The van der Waals surface area contributed by atoms with Gasteiger partial charge in [-0.1, -0.05) is 27.7 Å². The van der Waals surface area contributed by atoms with Gasteiger partial charge in [-0.05, 0) is 125 Å². The molecule has 3 heterocycles. The Morgan fingerprint density at radius 3 is 1.95 bits per heavy atom. The van der Waals surface area contributed by atoms with E-state index in [1.54, 1.807) is 68.6 Å². The number of hydrogen-bond acceptors (Lipinski definition) is 23. The third-order valence-corrected chi connectivity index (χ3v) is 19.3. The first-order chi connectivity index (χ1) is 39.3. The lowest BCUT2D eigenvalue weighted by molar-refractivity contribution is -0.319. The Hall–Kier alpha value is -4.67. The topological polar surface area (TPSA) is 348 Å². The number of likely N-dealkylation sites (N-methyl/N-ethyl adjacent to an activating group) is 2. The number of Topliss-reactive ketones (excluding diaryl/α,β-unsaturated/α-hetero) is 3. The van der Waals surface area contributed by atoms with Crippen LogP contribution in [0.3, 0.4) is 0 Å². The SMILES string of the molecule is CC[C@H]1OC(=O)[C@H](C)[C@@H](O[C@H]2C[C@@](C)(OC)[C@@H](O)[C@H](C)O2)[C@H](C)[C@@H](O[C@@H]2O[C@H](C)C[C@H](N(C)C)[C@H]2O)[C@](C)(OC)C[C@@H](C)C(=O)[C@H](C)[C@@H](O)[C@]1(C)O.CN(C)c1ccc(O)c2c1C[C@H]1C[C@H]3[C@H](N(C)C)C(=O)C(C(N)=O)=C(O)[C@@]3(O)C(=O)C1=C2O. The minimum atomic E-state index is -2.63. The van der Waals surface area contributed by atoms with E-state index >= 15 is 0 Å². The molecule has 1 aromatic rings. The van der Waals surface area contributed by atoms with E-state index in [-0.39, 0.29) is 66.9 Å². The maximum absolute atomic E-state index is 14.2. The van der Waals surface area contributed by atoms with Crippen LogP contribution in [-0.4, -0.2) is 232 Å². The Morgan fingerprint density at radius 1 is 0.800 bits per heavy atom. The molecule has 3 aliphatic carbocycles. The Labute approximate surface area is 499 Å². The lowest BCUT2D eigenvalue weighted by Gasteiger charge is -2.50. The zero-order valence-electron chi connectivity index (χ0n) is 52.7. The third-order valence-electron chi connectivity index (χ3n) is 19.3. The number of esters is 1. The van der Waals surface area contributed by atoms with Crippen LogP contribution >= 0.6 is 0 Å². The molecule has 1 aromatic carbocycles. The molecule has 7 rings (SSSR count). The van der Waals surface area contributed by atoms with E-state index < -0.39 is 160 Å². The number of benzene rings is 1. The van der Waals surface area contributed by atoms with E-state index in [9.17, 15) is 64.8 Å². The number of fused-ring (bicyclic) bond motifs is 3. The number of aromatic hydroxyl groups is 1. The highest BCUT2D eigenvalue weighted by molar-refractivity contribution is 6.24. The minimum absolute atomic E-state index is 0.0638. The van der Waals surface area contributed by atoms with E-state index in [1.807, 2.05) is 51.8 Å². The maximum Gasteiger partial charge on any atom is 0.311 e. The molecule has 3 aliphatic heterocycles. The Morgan fingerprint density at radius 2 is 1.41 bits per heavy atom. The van der Waals surface area contributed by atoms with E-state index in [1.165, 1.54) is 32.1 Å². The summed E-state index contributed by atoms with van der Waals surface area (Å²) in [5, 5.41) is 89.5. The van der Waals surface area contributed by atoms with Gasteiger partial charge in [-0.15, -0.1) is 0 Å². The first-order valence-corrected chi connectivity index (χ1v) is 29.4. The second kappa shape index (κ2) is 26.2. The quantitative estimate of drug-likeness (QED) is 0.113. The number of carbonyl (C=O) groups is 5. The van der Waals surface area contributed by atoms with Crippen molar-refractivity contribution in [2.45, 2.75) is 204 Å². The van der Waals surface area contributed by atoms with Crippen molar-refractivity contribution >= 4 is 40.7 Å². The van der Waals surface area contributed by atoms with Crippen molar-refractivity contribution in [2.75, 3.05) is 61.4 Å². The summed E-state index contributed by atoms with van der Waals surface area (Å²) < 4.78 is 43.9. The number of aliphatic hydroxyl groups excluding tert-OH is 5. The van der Waals surface area contributed by atoms with Crippen molar-refractivity contribution in [2.24, 2.45) is 41.2 Å². The molecular formula is C61H96N4O20.